The third-order valence-corrected chi connectivity index (χ3v) is 3.58. The van der Waals surface area contributed by atoms with Crippen LogP contribution in [-0.4, -0.2) is 13.1 Å². The molecule has 2 aromatic rings. The Hall–Kier alpha value is -1.45. The lowest BCUT2D eigenvalue weighted by Crippen LogP contribution is -2.24. The van der Waals surface area contributed by atoms with E-state index in [4.69, 9.17) is 16.0 Å². The van der Waals surface area contributed by atoms with Gasteiger partial charge in [0.05, 0.1) is 6.54 Å². The van der Waals surface area contributed by atoms with Crippen molar-refractivity contribution in [3.63, 3.8) is 0 Å². The van der Waals surface area contributed by atoms with Crippen LogP contribution < -0.4 is 10.2 Å². The third kappa shape index (κ3) is 4.51. The maximum atomic E-state index is 6.14. The second-order valence-corrected chi connectivity index (χ2v) is 6.11. The number of halogens is 1. The van der Waals surface area contributed by atoms with Gasteiger partial charge in [-0.1, -0.05) is 25.4 Å². The first-order valence-corrected chi connectivity index (χ1v) is 7.61. The number of rotatable bonds is 6. The molecule has 1 heterocycles. The zero-order chi connectivity index (χ0) is 15.4. The molecule has 0 aliphatic heterocycles. The van der Waals surface area contributed by atoms with E-state index in [-0.39, 0.29) is 0 Å². The van der Waals surface area contributed by atoms with Crippen molar-refractivity contribution < 1.29 is 4.42 Å². The molecule has 2 rings (SSSR count). The number of hydrogen-bond acceptors (Lipinski definition) is 3. The van der Waals surface area contributed by atoms with Crippen LogP contribution in [0.15, 0.2) is 34.7 Å². The van der Waals surface area contributed by atoms with Gasteiger partial charge in [0, 0.05) is 30.3 Å². The van der Waals surface area contributed by atoms with Crippen molar-refractivity contribution in [2.24, 2.45) is 0 Å². The van der Waals surface area contributed by atoms with Crippen LogP contribution in [0.3, 0.4) is 0 Å². The van der Waals surface area contributed by atoms with E-state index in [1.165, 1.54) is 11.3 Å². The van der Waals surface area contributed by atoms with Gasteiger partial charge in [-0.15, -0.1) is 0 Å². The maximum absolute atomic E-state index is 6.14. The normalized spacial score (nSPS) is 11.1. The van der Waals surface area contributed by atoms with Gasteiger partial charge in [-0.3, -0.25) is 0 Å². The Bertz CT molecular complexity index is 592. The lowest BCUT2D eigenvalue weighted by atomic mass is 10.1. The summed E-state index contributed by atoms with van der Waals surface area (Å²) in [5.74, 6) is 1.91. The fourth-order valence-corrected chi connectivity index (χ4v) is 2.47. The Morgan fingerprint density at radius 2 is 2.00 bits per heavy atom. The van der Waals surface area contributed by atoms with Gasteiger partial charge >= 0.3 is 0 Å². The van der Waals surface area contributed by atoms with Gasteiger partial charge in [-0.25, -0.2) is 0 Å². The van der Waals surface area contributed by atoms with Crippen molar-refractivity contribution in [1.29, 1.82) is 0 Å². The van der Waals surface area contributed by atoms with Crippen LogP contribution in [0.2, 0.25) is 5.02 Å². The molecule has 0 unspecified atom stereocenters. The van der Waals surface area contributed by atoms with Crippen molar-refractivity contribution in [1.82, 2.24) is 5.32 Å². The monoisotopic (exact) mass is 306 g/mol. The Balaban J connectivity index is 2.16. The molecule has 0 radical (unpaired) electrons. The highest BCUT2D eigenvalue weighted by molar-refractivity contribution is 6.30. The number of anilines is 1. The van der Waals surface area contributed by atoms with Crippen molar-refractivity contribution in [2.45, 2.75) is 39.9 Å². The quantitative estimate of drug-likeness (QED) is 0.858. The molecular formula is C17H23ClN2O. The second kappa shape index (κ2) is 7.01. The predicted molar refractivity (Wildman–Crippen MR) is 89.0 cm³/mol. The molecule has 0 fully saturated rings. The van der Waals surface area contributed by atoms with E-state index < -0.39 is 0 Å². The summed E-state index contributed by atoms with van der Waals surface area (Å²) in [5, 5.41) is 4.21. The second-order valence-electron chi connectivity index (χ2n) is 5.68. The molecule has 3 nitrogen and oxygen atoms in total. The molecule has 0 atom stereocenters. The van der Waals surface area contributed by atoms with Crippen molar-refractivity contribution >= 4 is 17.3 Å². The molecule has 0 amide bonds. The minimum Gasteiger partial charge on any atom is -0.464 e. The molecule has 0 saturated heterocycles. The molecule has 1 aromatic carbocycles. The van der Waals surface area contributed by atoms with Gasteiger partial charge in [-0.2, -0.15) is 0 Å². The largest absolute Gasteiger partial charge is 0.464 e. The molecule has 1 N–H and O–H groups in total. The van der Waals surface area contributed by atoms with Crippen LogP contribution in [0, 0.1) is 6.92 Å². The van der Waals surface area contributed by atoms with E-state index in [0.717, 1.165) is 29.6 Å². The van der Waals surface area contributed by atoms with E-state index >= 15 is 0 Å². The summed E-state index contributed by atoms with van der Waals surface area (Å²) in [7, 11) is 2.07. The first kappa shape index (κ1) is 15.9. The third-order valence-electron chi connectivity index (χ3n) is 3.34. The van der Waals surface area contributed by atoms with Crippen LogP contribution >= 0.6 is 11.6 Å². The predicted octanol–water partition coefficient (Wildman–Crippen LogP) is 4.38. The molecule has 0 saturated carbocycles. The van der Waals surface area contributed by atoms with Gasteiger partial charge < -0.3 is 14.6 Å². The highest BCUT2D eigenvalue weighted by atomic mass is 35.5. The van der Waals surface area contributed by atoms with Crippen molar-refractivity contribution in [2.75, 3.05) is 11.9 Å². The van der Waals surface area contributed by atoms with Crippen molar-refractivity contribution in [3.8, 4) is 0 Å². The highest BCUT2D eigenvalue weighted by Gasteiger charge is 2.11. The standard InChI is InChI=1S/C17H23ClN2O/c1-12(2)19-10-14-9-15(18)6-8-17(14)20(4)11-16-7-5-13(3)21-16/h5-9,12,19H,10-11H2,1-4H3. The molecule has 0 bridgehead atoms. The lowest BCUT2D eigenvalue weighted by molar-refractivity contribution is 0.481. The number of nitrogens with one attached hydrogen (secondary N) is 1. The van der Waals surface area contributed by atoms with Gasteiger partial charge in [0.1, 0.15) is 11.5 Å². The fourth-order valence-electron chi connectivity index (χ4n) is 2.27. The topological polar surface area (TPSA) is 28.4 Å². The van der Waals surface area contributed by atoms with Gasteiger partial charge in [0.2, 0.25) is 0 Å². The molecule has 1 aromatic heterocycles. The van der Waals surface area contributed by atoms with E-state index in [2.05, 4.69) is 37.2 Å². The van der Waals surface area contributed by atoms with E-state index in [1.807, 2.05) is 31.2 Å². The first-order chi connectivity index (χ1) is 9.95. The van der Waals surface area contributed by atoms with Crippen LogP contribution in [0.25, 0.3) is 0 Å². The zero-order valence-electron chi connectivity index (χ0n) is 13.1. The van der Waals surface area contributed by atoms with Gasteiger partial charge in [0.25, 0.3) is 0 Å². The maximum Gasteiger partial charge on any atom is 0.123 e. The summed E-state index contributed by atoms with van der Waals surface area (Å²) in [6.07, 6.45) is 0. The highest BCUT2D eigenvalue weighted by Crippen LogP contribution is 2.25. The number of aryl methyl sites for hydroxylation is 1. The minimum absolute atomic E-state index is 0.440. The summed E-state index contributed by atoms with van der Waals surface area (Å²) in [6, 6.07) is 10.5. The lowest BCUT2D eigenvalue weighted by Gasteiger charge is -2.22. The minimum atomic E-state index is 0.440. The number of nitrogens with zero attached hydrogens (tertiary/aromatic N) is 1. The Kier molecular flexibility index (Phi) is 5.32. The molecule has 0 aliphatic carbocycles. The summed E-state index contributed by atoms with van der Waals surface area (Å²) >= 11 is 6.14. The number of benzene rings is 1. The molecular weight excluding hydrogens is 284 g/mol. The van der Waals surface area contributed by atoms with E-state index in [9.17, 15) is 0 Å². The summed E-state index contributed by atoms with van der Waals surface area (Å²) < 4.78 is 5.65. The smallest absolute Gasteiger partial charge is 0.123 e. The Morgan fingerprint density at radius 3 is 2.62 bits per heavy atom. The Morgan fingerprint density at radius 1 is 1.24 bits per heavy atom. The van der Waals surface area contributed by atoms with Crippen LogP contribution in [0.5, 0.6) is 0 Å². The molecule has 0 spiro atoms. The van der Waals surface area contributed by atoms with Crippen LogP contribution in [0.4, 0.5) is 5.69 Å². The average molecular weight is 307 g/mol. The summed E-state index contributed by atoms with van der Waals surface area (Å²) in [5.41, 5.74) is 2.36. The average Bonchev–Trinajstić information content (AvgIpc) is 2.81. The molecule has 114 valence electrons. The first-order valence-electron chi connectivity index (χ1n) is 7.24. The SMILES string of the molecule is Cc1ccc(CN(C)c2ccc(Cl)cc2CNC(C)C)o1. The van der Waals surface area contributed by atoms with Gasteiger partial charge in [0.15, 0.2) is 0 Å². The fraction of sp³-hybridized carbons (Fsp3) is 0.412. The van der Waals surface area contributed by atoms with Crippen LogP contribution in [-0.2, 0) is 13.1 Å². The summed E-state index contributed by atoms with van der Waals surface area (Å²) in [6.45, 7) is 7.78. The molecule has 4 heteroatoms. The van der Waals surface area contributed by atoms with Crippen LogP contribution in [0.1, 0.15) is 30.9 Å². The molecule has 21 heavy (non-hydrogen) atoms. The zero-order valence-corrected chi connectivity index (χ0v) is 13.9. The van der Waals surface area contributed by atoms with E-state index in [0.29, 0.717) is 6.04 Å². The number of hydrogen-bond donors (Lipinski definition) is 1. The Labute approximate surface area is 131 Å². The summed E-state index contributed by atoms with van der Waals surface area (Å²) in [4.78, 5) is 2.19. The van der Waals surface area contributed by atoms with E-state index in [1.54, 1.807) is 0 Å². The molecule has 0 aliphatic rings. The van der Waals surface area contributed by atoms with Crippen molar-refractivity contribution in [3.05, 3.63) is 52.4 Å². The van der Waals surface area contributed by atoms with Gasteiger partial charge in [-0.05, 0) is 42.8 Å². The number of furan rings is 1.